The first-order chi connectivity index (χ1) is 8.06. The minimum Gasteiger partial charge on any atom is -0.396 e. The van der Waals surface area contributed by atoms with Gasteiger partial charge in [-0.15, -0.1) is 0 Å². The van der Waals surface area contributed by atoms with E-state index in [1.807, 2.05) is 6.92 Å². The number of aliphatic hydroxyl groups excluding tert-OH is 1. The topological polar surface area (TPSA) is 89.4 Å². The van der Waals surface area contributed by atoms with Crippen molar-refractivity contribution in [1.29, 1.82) is 0 Å². The number of benzene rings is 1. The van der Waals surface area contributed by atoms with Crippen molar-refractivity contribution in [1.82, 2.24) is 0 Å². The van der Waals surface area contributed by atoms with Gasteiger partial charge in [-0.25, -0.2) is 0 Å². The molecule has 1 aromatic rings. The molecule has 6 heteroatoms. The maximum atomic E-state index is 10.7. The number of para-hydroxylation sites is 1. The molecular weight excluding hydrogens is 240 g/mol. The summed E-state index contributed by atoms with van der Waals surface area (Å²) >= 11 is 1.61. The Bertz CT molecular complexity index is 398. The van der Waals surface area contributed by atoms with E-state index in [1.54, 1.807) is 23.9 Å². The van der Waals surface area contributed by atoms with Gasteiger partial charge in [-0.2, -0.15) is 11.8 Å². The van der Waals surface area contributed by atoms with Crippen molar-refractivity contribution in [2.45, 2.75) is 12.7 Å². The summed E-state index contributed by atoms with van der Waals surface area (Å²) in [6.45, 7) is 2.10. The van der Waals surface area contributed by atoms with Crippen LogP contribution >= 0.6 is 11.8 Å². The zero-order valence-corrected chi connectivity index (χ0v) is 10.4. The second-order valence-electron chi connectivity index (χ2n) is 3.91. The van der Waals surface area contributed by atoms with Crippen molar-refractivity contribution in [2.75, 3.05) is 18.1 Å². The van der Waals surface area contributed by atoms with Crippen LogP contribution in [0.15, 0.2) is 18.2 Å². The number of rotatable bonds is 6. The van der Waals surface area contributed by atoms with Crippen molar-refractivity contribution in [3.63, 3.8) is 0 Å². The highest BCUT2D eigenvalue weighted by atomic mass is 32.2. The van der Waals surface area contributed by atoms with Crippen molar-refractivity contribution in [3.05, 3.63) is 33.9 Å². The summed E-state index contributed by atoms with van der Waals surface area (Å²) in [6.07, 6.45) is 0. The number of nitro groups is 1. The van der Waals surface area contributed by atoms with Crippen LogP contribution in [0, 0.1) is 16.0 Å². The van der Waals surface area contributed by atoms with E-state index in [2.05, 4.69) is 0 Å². The highest BCUT2D eigenvalue weighted by Gasteiger charge is 2.14. The molecule has 0 aliphatic rings. The summed E-state index contributed by atoms with van der Waals surface area (Å²) in [5.41, 5.74) is 6.70. The van der Waals surface area contributed by atoms with E-state index in [9.17, 15) is 10.1 Å². The number of anilines is 1. The standard InChI is InChI=1S/C11H16N2O3S/c1-8(5-14)6-17-7-9-3-2-4-10(11(9)12)13(15)16/h2-4,8,14H,5-7,12H2,1H3. The quantitative estimate of drug-likeness (QED) is 0.462. The zero-order chi connectivity index (χ0) is 12.8. The van der Waals surface area contributed by atoms with E-state index < -0.39 is 4.92 Å². The normalized spacial score (nSPS) is 12.4. The van der Waals surface area contributed by atoms with E-state index in [0.29, 0.717) is 5.75 Å². The van der Waals surface area contributed by atoms with Gasteiger partial charge in [0.15, 0.2) is 0 Å². The fraction of sp³-hybridized carbons (Fsp3) is 0.455. The van der Waals surface area contributed by atoms with Gasteiger partial charge < -0.3 is 10.8 Å². The van der Waals surface area contributed by atoms with Crippen LogP contribution < -0.4 is 5.73 Å². The van der Waals surface area contributed by atoms with Gasteiger partial charge >= 0.3 is 0 Å². The molecule has 0 fully saturated rings. The summed E-state index contributed by atoms with van der Waals surface area (Å²) < 4.78 is 0. The largest absolute Gasteiger partial charge is 0.396 e. The smallest absolute Gasteiger partial charge is 0.292 e. The Balaban J connectivity index is 2.66. The van der Waals surface area contributed by atoms with E-state index >= 15 is 0 Å². The lowest BCUT2D eigenvalue weighted by molar-refractivity contribution is -0.383. The van der Waals surface area contributed by atoms with Crippen molar-refractivity contribution >= 4 is 23.1 Å². The molecule has 3 N–H and O–H groups in total. The second kappa shape index (κ2) is 6.46. The third-order valence-electron chi connectivity index (χ3n) is 2.34. The molecule has 0 aromatic heterocycles. The molecule has 0 saturated heterocycles. The lowest BCUT2D eigenvalue weighted by atomic mass is 10.2. The maximum Gasteiger partial charge on any atom is 0.292 e. The van der Waals surface area contributed by atoms with Crippen LogP contribution in [0.4, 0.5) is 11.4 Å². The van der Waals surface area contributed by atoms with Crippen LogP contribution in [-0.2, 0) is 5.75 Å². The van der Waals surface area contributed by atoms with Crippen molar-refractivity contribution in [3.8, 4) is 0 Å². The first-order valence-corrected chi connectivity index (χ1v) is 6.42. The van der Waals surface area contributed by atoms with Crippen LogP contribution in [0.25, 0.3) is 0 Å². The Morgan fingerprint density at radius 2 is 2.29 bits per heavy atom. The minimum atomic E-state index is -0.472. The molecular formula is C11H16N2O3S. The van der Waals surface area contributed by atoms with Gasteiger partial charge in [0.1, 0.15) is 5.69 Å². The Labute approximate surface area is 104 Å². The Morgan fingerprint density at radius 3 is 2.88 bits per heavy atom. The number of nitrogens with zero attached hydrogens (tertiary/aromatic N) is 1. The van der Waals surface area contributed by atoms with Crippen LogP contribution in [0.5, 0.6) is 0 Å². The van der Waals surface area contributed by atoms with E-state index in [4.69, 9.17) is 10.8 Å². The van der Waals surface area contributed by atoms with Crippen molar-refractivity contribution in [2.24, 2.45) is 5.92 Å². The number of aliphatic hydroxyl groups is 1. The molecule has 94 valence electrons. The molecule has 0 saturated carbocycles. The molecule has 1 unspecified atom stereocenters. The summed E-state index contributed by atoms with van der Waals surface area (Å²) in [5.74, 6) is 1.65. The Hall–Kier alpha value is -1.27. The first kappa shape index (κ1) is 13.8. The first-order valence-electron chi connectivity index (χ1n) is 5.26. The number of nitro benzene ring substituents is 1. The summed E-state index contributed by atoms with van der Waals surface area (Å²) in [6, 6.07) is 4.83. The highest BCUT2D eigenvalue weighted by molar-refractivity contribution is 7.98. The number of hydrogen-bond donors (Lipinski definition) is 2. The monoisotopic (exact) mass is 256 g/mol. The molecule has 1 rings (SSSR count). The number of nitrogens with two attached hydrogens (primary N) is 1. The number of thioether (sulfide) groups is 1. The maximum absolute atomic E-state index is 10.7. The predicted molar refractivity (Wildman–Crippen MR) is 69.9 cm³/mol. The van der Waals surface area contributed by atoms with Gasteiger partial charge in [0.2, 0.25) is 0 Å². The average Bonchev–Trinajstić information content (AvgIpc) is 2.30. The van der Waals surface area contributed by atoms with Gasteiger partial charge in [0.05, 0.1) is 4.92 Å². The SMILES string of the molecule is CC(CO)CSCc1cccc([N+](=O)[O-])c1N. The lowest BCUT2D eigenvalue weighted by Gasteiger charge is -2.08. The van der Waals surface area contributed by atoms with Gasteiger partial charge in [-0.3, -0.25) is 10.1 Å². The van der Waals surface area contributed by atoms with E-state index in [0.717, 1.165) is 11.3 Å². The molecule has 1 atom stereocenters. The molecule has 0 spiro atoms. The molecule has 0 bridgehead atoms. The Kier molecular flexibility index (Phi) is 5.24. The van der Waals surface area contributed by atoms with Gasteiger partial charge in [0.25, 0.3) is 5.69 Å². The van der Waals surface area contributed by atoms with Crippen LogP contribution in [-0.4, -0.2) is 22.4 Å². The fourth-order valence-electron chi connectivity index (χ4n) is 1.31. The summed E-state index contributed by atoms with van der Waals surface area (Å²) in [7, 11) is 0. The summed E-state index contributed by atoms with van der Waals surface area (Å²) in [4.78, 5) is 10.2. The predicted octanol–water partition coefficient (Wildman–Crippen LogP) is 2.04. The Morgan fingerprint density at radius 1 is 1.59 bits per heavy atom. The molecule has 5 nitrogen and oxygen atoms in total. The zero-order valence-electron chi connectivity index (χ0n) is 9.63. The fourth-order valence-corrected chi connectivity index (χ4v) is 2.40. The van der Waals surface area contributed by atoms with Gasteiger partial charge in [-0.1, -0.05) is 19.1 Å². The molecule has 17 heavy (non-hydrogen) atoms. The lowest BCUT2D eigenvalue weighted by Crippen LogP contribution is -2.04. The molecule has 0 aliphatic carbocycles. The second-order valence-corrected chi connectivity index (χ2v) is 4.94. The summed E-state index contributed by atoms with van der Waals surface area (Å²) in [5, 5.41) is 19.6. The van der Waals surface area contributed by atoms with Crippen LogP contribution in [0.3, 0.4) is 0 Å². The molecule has 0 amide bonds. The molecule has 1 aromatic carbocycles. The van der Waals surface area contributed by atoms with Crippen LogP contribution in [0.1, 0.15) is 12.5 Å². The molecule has 0 heterocycles. The van der Waals surface area contributed by atoms with Gasteiger partial charge in [0, 0.05) is 18.4 Å². The van der Waals surface area contributed by atoms with Crippen LogP contribution in [0.2, 0.25) is 0 Å². The minimum absolute atomic E-state index is 0.0432. The van der Waals surface area contributed by atoms with E-state index in [-0.39, 0.29) is 23.9 Å². The average molecular weight is 256 g/mol. The van der Waals surface area contributed by atoms with E-state index in [1.165, 1.54) is 6.07 Å². The highest BCUT2D eigenvalue weighted by Crippen LogP contribution is 2.28. The molecule has 0 radical (unpaired) electrons. The number of nitrogen functional groups attached to an aromatic ring is 1. The van der Waals surface area contributed by atoms with Crippen molar-refractivity contribution < 1.29 is 10.0 Å². The molecule has 0 aliphatic heterocycles. The number of hydrogen-bond acceptors (Lipinski definition) is 5. The third-order valence-corrected chi connectivity index (χ3v) is 3.66. The van der Waals surface area contributed by atoms with Gasteiger partial charge in [-0.05, 0) is 17.2 Å². The third kappa shape index (κ3) is 3.90.